The number of fused-ring (bicyclic) bond motifs is 1. The first-order chi connectivity index (χ1) is 19.2. The third-order valence-electron chi connectivity index (χ3n) is 6.79. The lowest BCUT2D eigenvalue weighted by Crippen LogP contribution is -2.19. The van der Waals surface area contributed by atoms with Crippen LogP contribution in [0, 0.1) is 5.82 Å². The molecule has 1 aliphatic rings. The molecule has 0 amide bonds. The third kappa shape index (κ3) is 7.82. The van der Waals surface area contributed by atoms with Gasteiger partial charge < -0.3 is 21.1 Å². The quantitative estimate of drug-likeness (QED) is 0.199. The number of nitrogens with zero attached hydrogens (tertiary/aromatic N) is 1. The number of aliphatic hydroxyl groups excluding tert-OH is 2. The smallest absolute Gasteiger partial charge is 0.305 e. The van der Waals surface area contributed by atoms with Crippen molar-refractivity contribution < 1.29 is 24.5 Å². The monoisotopic (exact) mass is 542 g/mol. The molecule has 3 unspecified atom stereocenters. The van der Waals surface area contributed by atoms with Crippen molar-refractivity contribution in [3.8, 4) is 11.1 Å². The van der Waals surface area contributed by atoms with Gasteiger partial charge in [-0.3, -0.25) is 9.78 Å². The molecule has 5 rings (SSSR count). The normalized spacial score (nSPS) is 15.3. The van der Waals surface area contributed by atoms with E-state index in [2.05, 4.69) is 0 Å². The minimum Gasteiger partial charge on any atom is -0.481 e. The Morgan fingerprint density at radius 1 is 1.02 bits per heavy atom. The molecule has 1 fully saturated rings. The zero-order valence-electron chi connectivity index (χ0n) is 22.5. The molecule has 40 heavy (non-hydrogen) atoms. The lowest BCUT2D eigenvalue weighted by Gasteiger charge is -2.16. The van der Waals surface area contributed by atoms with Crippen molar-refractivity contribution in [3.05, 3.63) is 108 Å². The lowest BCUT2D eigenvalue weighted by molar-refractivity contribution is -0.139. The van der Waals surface area contributed by atoms with Crippen LogP contribution in [0.25, 0.3) is 28.1 Å². The van der Waals surface area contributed by atoms with Crippen molar-refractivity contribution in [3.63, 3.8) is 0 Å². The molecule has 0 aliphatic heterocycles. The number of halogens is 1. The Morgan fingerprint density at radius 2 is 1.68 bits per heavy atom. The summed E-state index contributed by atoms with van der Waals surface area (Å²) in [4.78, 5) is 15.6. The fourth-order valence-corrected chi connectivity index (χ4v) is 4.62. The van der Waals surface area contributed by atoms with Crippen molar-refractivity contribution in [1.29, 1.82) is 0 Å². The van der Waals surface area contributed by atoms with Crippen LogP contribution in [0.1, 0.15) is 61.4 Å². The van der Waals surface area contributed by atoms with Gasteiger partial charge in [0.05, 0.1) is 29.8 Å². The van der Waals surface area contributed by atoms with Gasteiger partial charge in [0.25, 0.3) is 0 Å². The summed E-state index contributed by atoms with van der Waals surface area (Å²) in [6, 6.07) is 24.3. The van der Waals surface area contributed by atoms with E-state index in [1.54, 1.807) is 24.3 Å². The van der Waals surface area contributed by atoms with Crippen molar-refractivity contribution >= 4 is 22.9 Å². The summed E-state index contributed by atoms with van der Waals surface area (Å²) in [5.74, 6) is -1.10. The van der Waals surface area contributed by atoms with Crippen LogP contribution in [0.3, 0.4) is 0 Å². The second kappa shape index (κ2) is 13.4. The second-order valence-corrected chi connectivity index (χ2v) is 10.2. The predicted molar refractivity (Wildman–Crippen MR) is 156 cm³/mol. The van der Waals surface area contributed by atoms with Crippen LogP contribution in [0.15, 0.2) is 84.9 Å². The summed E-state index contributed by atoms with van der Waals surface area (Å²) >= 11 is 0. The maximum Gasteiger partial charge on any atom is 0.305 e. The Bertz CT molecular complexity index is 1450. The molecular weight excluding hydrogens is 507 g/mol. The van der Waals surface area contributed by atoms with E-state index in [9.17, 15) is 19.4 Å². The number of benzene rings is 3. The van der Waals surface area contributed by atoms with Gasteiger partial charge in [-0.05, 0) is 49.1 Å². The molecule has 4 aromatic rings. The minimum absolute atomic E-state index is 0.0749. The van der Waals surface area contributed by atoms with E-state index in [4.69, 9.17) is 15.8 Å². The fraction of sp³-hybridized carbons (Fsp3) is 0.273. The highest BCUT2D eigenvalue weighted by Gasteiger charge is 2.29. The number of carboxylic acid groups (broad SMARTS) is 1. The van der Waals surface area contributed by atoms with E-state index in [1.165, 1.54) is 17.7 Å². The van der Waals surface area contributed by atoms with Crippen LogP contribution in [-0.4, -0.2) is 38.5 Å². The molecule has 0 bridgehead atoms. The maximum atomic E-state index is 13.6. The van der Waals surface area contributed by atoms with Gasteiger partial charge in [0.1, 0.15) is 5.82 Å². The van der Waals surface area contributed by atoms with E-state index in [1.807, 2.05) is 61.5 Å². The first-order valence-electron chi connectivity index (χ1n) is 13.5. The molecule has 1 aromatic heterocycles. The Balaban J connectivity index is 0.000000350. The zero-order chi connectivity index (χ0) is 28.6. The van der Waals surface area contributed by atoms with Crippen LogP contribution in [-0.2, 0) is 4.79 Å². The fourth-order valence-electron chi connectivity index (χ4n) is 4.62. The maximum absolute atomic E-state index is 13.6. The van der Waals surface area contributed by atoms with Crippen molar-refractivity contribution in [2.75, 3.05) is 0 Å². The number of nitrogens with two attached hydrogens (primary N) is 1. The van der Waals surface area contributed by atoms with Gasteiger partial charge in [-0.1, -0.05) is 72.8 Å². The van der Waals surface area contributed by atoms with E-state index < -0.39 is 24.6 Å². The van der Waals surface area contributed by atoms with Crippen molar-refractivity contribution in [1.82, 2.24) is 4.98 Å². The van der Waals surface area contributed by atoms with Gasteiger partial charge in [0.15, 0.2) is 0 Å². The van der Waals surface area contributed by atoms with Crippen LogP contribution in [0.4, 0.5) is 4.39 Å². The highest BCUT2D eigenvalue weighted by molar-refractivity contribution is 5.99. The summed E-state index contributed by atoms with van der Waals surface area (Å²) in [6.07, 6.45) is 2.80. The largest absolute Gasteiger partial charge is 0.481 e. The van der Waals surface area contributed by atoms with Gasteiger partial charge in [-0.25, -0.2) is 4.39 Å². The first kappa shape index (κ1) is 29.1. The average Bonchev–Trinajstić information content (AvgIpc) is 3.78. The molecule has 7 heteroatoms. The van der Waals surface area contributed by atoms with Crippen LogP contribution in [0.5, 0.6) is 0 Å². The molecule has 0 radical (unpaired) electrons. The molecule has 5 N–H and O–H groups in total. The summed E-state index contributed by atoms with van der Waals surface area (Å²) in [5.41, 5.74) is 11.2. The number of para-hydroxylation sites is 1. The molecule has 0 saturated heterocycles. The van der Waals surface area contributed by atoms with Crippen LogP contribution >= 0.6 is 0 Å². The SMILES string of the molecule is CC(N)c1ccccc1.O=C(O)CC(O)CC(O)C=Cc1c(C2CC2)nc2ccccc2c1-c1ccc(F)cc1. The Kier molecular flexibility index (Phi) is 9.77. The summed E-state index contributed by atoms with van der Waals surface area (Å²) in [7, 11) is 0. The van der Waals surface area contributed by atoms with E-state index in [0.29, 0.717) is 5.92 Å². The summed E-state index contributed by atoms with van der Waals surface area (Å²) < 4.78 is 13.6. The van der Waals surface area contributed by atoms with Crippen LogP contribution < -0.4 is 5.73 Å². The van der Waals surface area contributed by atoms with E-state index >= 15 is 0 Å². The number of hydrogen-bond acceptors (Lipinski definition) is 5. The molecule has 208 valence electrons. The number of aromatic nitrogens is 1. The molecule has 0 spiro atoms. The molecule has 1 heterocycles. The molecular formula is C33H35FN2O4. The molecule has 1 saturated carbocycles. The minimum atomic E-state index is -1.13. The Labute approximate surface area is 233 Å². The zero-order valence-corrected chi connectivity index (χ0v) is 22.5. The summed E-state index contributed by atoms with van der Waals surface area (Å²) in [5, 5.41) is 29.9. The number of pyridine rings is 1. The third-order valence-corrected chi connectivity index (χ3v) is 6.79. The number of carbonyl (C=O) groups is 1. The number of carboxylic acids is 1. The number of rotatable bonds is 9. The van der Waals surface area contributed by atoms with E-state index in [0.717, 1.165) is 46.1 Å². The standard InChI is InChI=1S/C25H24FNO4.C8H11N/c26-17-9-7-15(8-10-17)24-20-3-1-2-4-22(20)27-25(16-5-6-16)21(24)12-11-18(28)13-19(29)14-23(30)31;1-7(9)8-5-3-2-4-6-8/h1-4,7-12,16,18-19,28-29H,5-6,13-14H2,(H,30,31);2-7H,9H2,1H3. The van der Waals surface area contributed by atoms with Gasteiger partial charge in [-0.2, -0.15) is 0 Å². The van der Waals surface area contributed by atoms with Gasteiger partial charge in [0.2, 0.25) is 0 Å². The predicted octanol–water partition coefficient (Wildman–Crippen LogP) is 6.22. The van der Waals surface area contributed by atoms with E-state index in [-0.39, 0.29) is 18.3 Å². The molecule has 3 atom stereocenters. The number of aliphatic hydroxyl groups is 2. The highest BCUT2D eigenvalue weighted by atomic mass is 19.1. The Hall–Kier alpha value is -3.91. The molecule has 1 aliphatic carbocycles. The molecule has 3 aromatic carbocycles. The van der Waals surface area contributed by atoms with Gasteiger partial charge in [-0.15, -0.1) is 0 Å². The second-order valence-electron chi connectivity index (χ2n) is 10.2. The van der Waals surface area contributed by atoms with Crippen molar-refractivity contribution in [2.24, 2.45) is 5.73 Å². The van der Waals surface area contributed by atoms with Crippen molar-refractivity contribution in [2.45, 2.75) is 56.8 Å². The first-order valence-corrected chi connectivity index (χ1v) is 13.5. The topological polar surface area (TPSA) is 117 Å². The number of aliphatic carboxylic acids is 1. The Morgan fingerprint density at radius 3 is 2.27 bits per heavy atom. The highest BCUT2D eigenvalue weighted by Crippen LogP contribution is 2.45. The van der Waals surface area contributed by atoms with Gasteiger partial charge >= 0.3 is 5.97 Å². The van der Waals surface area contributed by atoms with Gasteiger partial charge in [0, 0.05) is 34.9 Å². The van der Waals surface area contributed by atoms with Crippen LogP contribution in [0.2, 0.25) is 0 Å². The average molecular weight is 543 g/mol. The lowest BCUT2D eigenvalue weighted by atomic mass is 9.92. The number of hydrogen-bond donors (Lipinski definition) is 4. The summed E-state index contributed by atoms with van der Waals surface area (Å²) in [6.45, 7) is 1.98. The molecule has 6 nitrogen and oxygen atoms in total.